The highest BCUT2D eigenvalue weighted by molar-refractivity contribution is 6.23. The molecule has 1 saturated heterocycles. The predicted octanol–water partition coefficient (Wildman–Crippen LogP) is 1.94. The minimum atomic E-state index is -1.15. The molecule has 1 aromatic heterocycles. The van der Waals surface area contributed by atoms with Crippen molar-refractivity contribution in [2.75, 3.05) is 4.90 Å². The zero-order valence-electron chi connectivity index (χ0n) is 14.7. The molecular weight excluding hydrogens is 371 g/mol. The van der Waals surface area contributed by atoms with Crippen LogP contribution in [0.25, 0.3) is 0 Å². The lowest BCUT2D eigenvalue weighted by molar-refractivity contribution is -0.143. The summed E-state index contributed by atoms with van der Waals surface area (Å²) in [4.78, 5) is 50.8. The Hall–Kier alpha value is -3.49. The molecule has 1 aliphatic rings. The Morgan fingerprint density at radius 2 is 1.89 bits per heavy atom. The second-order valence-corrected chi connectivity index (χ2v) is 6.26. The van der Waals surface area contributed by atoms with E-state index in [1.807, 2.05) is 0 Å². The van der Waals surface area contributed by atoms with Gasteiger partial charge in [-0.3, -0.25) is 19.2 Å². The second-order valence-electron chi connectivity index (χ2n) is 6.26. The number of aliphatic carboxylic acids is 1. The van der Waals surface area contributed by atoms with Crippen LogP contribution in [0.2, 0.25) is 0 Å². The molecule has 0 saturated carbocycles. The first kappa shape index (κ1) is 19.3. The van der Waals surface area contributed by atoms with E-state index >= 15 is 0 Å². The molecule has 3 amide bonds. The molecule has 0 unspecified atom stereocenters. The van der Waals surface area contributed by atoms with Gasteiger partial charge < -0.3 is 14.4 Å². The van der Waals surface area contributed by atoms with Gasteiger partial charge in [-0.2, -0.15) is 0 Å². The normalized spacial score (nSPS) is 16.5. The van der Waals surface area contributed by atoms with Gasteiger partial charge in [0.25, 0.3) is 5.91 Å². The molecular formula is C19H17FN2O6. The molecule has 1 atom stereocenters. The number of hydrogen-bond acceptors (Lipinski definition) is 5. The number of carbonyl (C=O) groups is 4. The molecule has 3 rings (SSSR count). The van der Waals surface area contributed by atoms with E-state index < -0.39 is 42.0 Å². The molecule has 1 aliphatic heterocycles. The fraction of sp³-hybridized carbons (Fsp3) is 0.263. The summed E-state index contributed by atoms with van der Waals surface area (Å²) in [5, 5.41) is 8.82. The molecule has 1 N–H and O–H groups in total. The van der Waals surface area contributed by atoms with E-state index in [1.165, 1.54) is 18.4 Å². The maximum absolute atomic E-state index is 13.1. The number of amides is 3. The Morgan fingerprint density at radius 1 is 1.18 bits per heavy atom. The quantitative estimate of drug-likeness (QED) is 0.727. The highest BCUT2D eigenvalue weighted by Gasteiger charge is 2.44. The van der Waals surface area contributed by atoms with Crippen LogP contribution >= 0.6 is 0 Å². The molecule has 9 heteroatoms. The van der Waals surface area contributed by atoms with Crippen LogP contribution in [0.3, 0.4) is 0 Å². The molecule has 2 heterocycles. The molecule has 0 spiro atoms. The van der Waals surface area contributed by atoms with E-state index in [0.29, 0.717) is 5.76 Å². The van der Waals surface area contributed by atoms with Crippen molar-refractivity contribution in [2.45, 2.75) is 31.8 Å². The van der Waals surface area contributed by atoms with Crippen LogP contribution in [0, 0.1) is 5.82 Å². The summed E-state index contributed by atoms with van der Waals surface area (Å²) in [5.74, 6) is -3.00. The third-order valence-corrected chi connectivity index (χ3v) is 4.36. The van der Waals surface area contributed by atoms with Crippen molar-refractivity contribution in [1.82, 2.24) is 4.90 Å². The number of furan rings is 1. The maximum atomic E-state index is 13.1. The van der Waals surface area contributed by atoms with Gasteiger partial charge in [-0.25, -0.2) is 9.29 Å². The Balaban J connectivity index is 1.85. The fourth-order valence-corrected chi connectivity index (χ4v) is 3.02. The zero-order valence-corrected chi connectivity index (χ0v) is 14.7. The Morgan fingerprint density at radius 3 is 2.50 bits per heavy atom. The van der Waals surface area contributed by atoms with E-state index in [4.69, 9.17) is 9.52 Å². The molecule has 0 radical (unpaired) electrons. The molecule has 1 fully saturated rings. The first-order valence-corrected chi connectivity index (χ1v) is 8.53. The van der Waals surface area contributed by atoms with Crippen LogP contribution in [0.15, 0.2) is 47.1 Å². The highest BCUT2D eigenvalue weighted by Crippen LogP contribution is 2.27. The molecule has 28 heavy (non-hydrogen) atoms. The van der Waals surface area contributed by atoms with Crippen molar-refractivity contribution in [3.8, 4) is 0 Å². The lowest BCUT2D eigenvalue weighted by Gasteiger charge is -2.26. The van der Waals surface area contributed by atoms with Crippen molar-refractivity contribution in [3.63, 3.8) is 0 Å². The number of carbonyl (C=O) groups excluding carboxylic acids is 3. The van der Waals surface area contributed by atoms with Gasteiger partial charge >= 0.3 is 5.97 Å². The van der Waals surface area contributed by atoms with Crippen LogP contribution in [-0.4, -0.2) is 39.7 Å². The SMILES string of the molecule is O=C(O)CCC(=O)N(Cc1ccco1)[C@@H]1CC(=O)N(c2ccc(F)cc2)C1=O. The van der Waals surface area contributed by atoms with E-state index in [-0.39, 0.29) is 25.1 Å². The maximum Gasteiger partial charge on any atom is 0.303 e. The summed E-state index contributed by atoms with van der Waals surface area (Å²) < 4.78 is 18.4. The predicted molar refractivity (Wildman–Crippen MR) is 93.4 cm³/mol. The Labute approximate surface area is 159 Å². The first-order valence-electron chi connectivity index (χ1n) is 8.53. The number of carboxylic acids is 1. The van der Waals surface area contributed by atoms with E-state index in [9.17, 15) is 23.6 Å². The fourth-order valence-electron chi connectivity index (χ4n) is 3.02. The summed E-state index contributed by atoms with van der Waals surface area (Å²) in [5.41, 5.74) is 0.204. The van der Waals surface area contributed by atoms with Crippen LogP contribution < -0.4 is 4.90 Å². The number of imide groups is 1. The minimum Gasteiger partial charge on any atom is -0.481 e. The largest absolute Gasteiger partial charge is 0.481 e. The zero-order chi connectivity index (χ0) is 20.3. The number of carboxylic acid groups (broad SMARTS) is 1. The van der Waals surface area contributed by atoms with Gasteiger partial charge in [-0.05, 0) is 36.4 Å². The summed E-state index contributed by atoms with van der Waals surface area (Å²) in [7, 11) is 0. The van der Waals surface area contributed by atoms with Crippen LogP contribution in [-0.2, 0) is 25.7 Å². The van der Waals surface area contributed by atoms with Crippen LogP contribution in [0.5, 0.6) is 0 Å². The topological polar surface area (TPSA) is 108 Å². The number of hydrogen-bond donors (Lipinski definition) is 1. The van der Waals surface area contributed by atoms with Gasteiger partial charge in [0.05, 0.1) is 31.3 Å². The molecule has 2 aromatic rings. The van der Waals surface area contributed by atoms with Crippen molar-refractivity contribution < 1.29 is 33.1 Å². The molecule has 146 valence electrons. The van der Waals surface area contributed by atoms with Gasteiger partial charge in [0.2, 0.25) is 11.8 Å². The second kappa shape index (κ2) is 8.03. The smallest absolute Gasteiger partial charge is 0.303 e. The molecule has 1 aromatic carbocycles. The van der Waals surface area contributed by atoms with Crippen molar-refractivity contribution in [3.05, 3.63) is 54.2 Å². The van der Waals surface area contributed by atoms with Crippen molar-refractivity contribution in [2.24, 2.45) is 0 Å². The summed E-state index contributed by atoms with van der Waals surface area (Å²) >= 11 is 0. The van der Waals surface area contributed by atoms with Gasteiger partial charge in [-0.1, -0.05) is 0 Å². The standard InChI is InChI=1S/C19H17FN2O6/c20-12-3-5-13(6-4-12)22-17(24)10-15(19(22)27)21(11-14-2-1-9-28-14)16(23)7-8-18(25)26/h1-6,9,15H,7-8,10-11H2,(H,25,26)/t15-/m1/s1. The van der Waals surface area contributed by atoms with Crippen molar-refractivity contribution >= 4 is 29.4 Å². The Bertz CT molecular complexity index is 894. The first-order chi connectivity index (χ1) is 13.4. The summed E-state index contributed by atoms with van der Waals surface area (Å²) in [6, 6.07) is 6.98. The van der Waals surface area contributed by atoms with E-state index in [0.717, 1.165) is 21.9 Å². The number of anilines is 1. The Kier molecular flexibility index (Phi) is 5.53. The van der Waals surface area contributed by atoms with E-state index in [2.05, 4.69) is 0 Å². The van der Waals surface area contributed by atoms with Crippen molar-refractivity contribution in [1.29, 1.82) is 0 Å². The van der Waals surface area contributed by atoms with Gasteiger partial charge in [0.15, 0.2) is 0 Å². The molecule has 0 bridgehead atoms. The van der Waals surface area contributed by atoms with Gasteiger partial charge in [-0.15, -0.1) is 0 Å². The summed E-state index contributed by atoms with van der Waals surface area (Å²) in [6.45, 7) is -0.0770. The lowest BCUT2D eigenvalue weighted by Crippen LogP contribution is -2.45. The number of rotatable bonds is 7. The van der Waals surface area contributed by atoms with Crippen LogP contribution in [0.4, 0.5) is 10.1 Å². The monoisotopic (exact) mass is 388 g/mol. The number of halogens is 1. The van der Waals surface area contributed by atoms with Gasteiger partial charge in [0.1, 0.15) is 17.6 Å². The minimum absolute atomic E-state index is 0.0770. The third kappa shape index (κ3) is 4.08. The average molecular weight is 388 g/mol. The lowest BCUT2D eigenvalue weighted by atomic mass is 10.1. The molecule has 0 aliphatic carbocycles. The summed E-state index contributed by atoms with van der Waals surface area (Å²) in [6.07, 6.45) is 0.436. The number of benzene rings is 1. The number of nitrogens with zero attached hydrogens (tertiary/aromatic N) is 2. The molecule has 8 nitrogen and oxygen atoms in total. The highest BCUT2D eigenvalue weighted by atomic mass is 19.1. The van der Waals surface area contributed by atoms with Gasteiger partial charge in [0, 0.05) is 6.42 Å². The average Bonchev–Trinajstić information content (AvgIpc) is 3.26. The third-order valence-electron chi connectivity index (χ3n) is 4.36. The van der Waals surface area contributed by atoms with Crippen LogP contribution in [0.1, 0.15) is 25.0 Å². The van der Waals surface area contributed by atoms with E-state index in [1.54, 1.807) is 12.1 Å².